The molecule has 10 heteroatoms. The molecule has 0 aromatic heterocycles. The molecule has 1 saturated heterocycles. The van der Waals surface area contributed by atoms with E-state index >= 15 is 0 Å². The summed E-state index contributed by atoms with van der Waals surface area (Å²) in [5.74, 6) is -1.55. The summed E-state index contributed by atoms with van der Waals surface area (Å²) < 4.78 is 45.7. The van der Waals surface area contributed by atoms with Crippen LogP contribution in [0.25, 0.3) is 16.8 Å². The molecule has 1 aliphatic rings. The van der Waals surface area contributed by atoms with Crippen molar-refractivity contribution in [2.45, 2.75) is 19.7 Å². The lowest BCUT2D eigenvalue weighted by Crippen LogP contribution is -2.54. The maximum absolute atomic E-state index is 13.2. The van der Waals surface area contributed by atoms with E-state index in [0.717, 1.165) is 34.0 Å². The molecule has 40 heavy (non-hydrogen) atoms. The van der Waals surface area contributed by atoms with Gasteiger partial charge >= 0.3 is 12.2 Å². The Morgan fingerprint density at radius 1 is 0.950 bits per heavy atom. The van der Waals surface area contributed by atoms with Crippen molar-refractivity contribution in [3.63, 3.8) is 0 Å². The summed E-state index contributed by atoms with van der Waals surface area (Å²) in [6, 6.07) is 19.6. The molecule has 0 bridgehead atoms. The van der Waals surface area contributed by atoms with Crippen molar-refractivity contribution in [1.29, 1.82) is 0 Å². The number of hydrogen-bond acceptors (Lipinski definition) is 4. The molecular weight excluding hydrogens is 545 g/mol. The number of carbonyl (C=O) groups excluding carboxylic acids is 3. The van der Waals surface area contributed by atoms with Crippen LogP contribution >= 0.6 is 11.6 Å². The zero-order chi connectivity index (χ0) is 28.6. The third kappa shape index (κ3) is 5.28. The fraction of sp³-hybridized carbons (Fsp3) is 0.100. The van der Waals surface area contributed by atoms with E-state index in [1.54, 1.807) is 24.3 Å². The number of barbiturate groups is 1. The van der Waals surface area contributed by atoms with Crippen molar-refractivity contribution in [2.75, 3.05) is 4.90 Å². The molecule has 1 fully saturated rings. The van der Waals surface area contributed by atoms with Crippen molar-refractivity contribution in [3.8, 4) is 5.75 Å². The van der Waals surface area contributed by atoms with Crippen molar-refractivity contribution < 1.29 is 32.3 Å². The molecule has 0 atom stereocenters. The molecule has 6 nitrogen and oxygen atoms in total. The lowest BCUT2D eigenvalue weighted by Gasteiger charge is -2.27. The van der Waals surface area contributed by atoms with Crippen LogP contribution in [0.1, 0.15) is 22.3 Å². The van der Waals surface area contributed by atoms with Crippen molar-refractivity contribution in [2.24, 2.45) is 0 Å². The van der Waals surface area contributed by atoms with Crippen LogP contribution in [0.3, 0.4) is 0 Å². The molecule has 0 radical (unpaired) electrons. The number of imide groups is 2. The van der Waals surface area contributed by atoms with Crippen molar-refractivity contribution >= 4 is 52.0 Å². The minimum absolute atomic E-state index is 0.270. The van der Waals surface area contributed by atoms with Crippen molar-refractivity contribution in [3.05, 3.63) is 112 Å². The third-order valence-electron chi connectivity index (χ3n) is 6.47. The second-order valence-electron chi connectivity index (χ2n) is 9.06. The average molecular weight is 565 g/mol. The fourth-order valence-electron chi connectivity index (χ4n) is 4.36. The number of hydrogen-bond donors (Lipinski definition) is 1. The Kier molecular flexibility index (Phi) is 7.08. The Morgan fingerprint density at radius 3 is 2.40 bits per heavy atom. The monoisotopic (exact) mass is 564 g/mol. The van der Waals surface area contributed by atoms with Crippen LogP contribution in [-0.4, -0.2) is 17.8 Å². The summed E-state index contributed by atoms with van der Waals surface area (Å²) in [5, 5.41) is 3.90. The zero-order valence-electron chi connectivity index (χ0n) is 20.9. The number of amides is 4. The molecule has 202 valence electrons. The van der Waals surface area contributed by atoms with E-state index in [9.17, 15) is 27.6 Å². The van der Waals surface area contributed by atoms with Crippen LogP contribution in [0.4, 0.5) is 23.7 Å². The predicted octanol–water partition coefficient (Wildman–Crippen LogP) is 7.07. The number of urea groups is 1. The van der Waals surface area contributed by atoms with Gasteiger partial charge in [-0.1, -0.05) is 60.1 Å². The Bertz CT molecular complexity index is 1700. The number of benzene rings is 4. The van der Waals surface area contributed by atoms with Gasteiger partial charge in [-0.2, -0.15) is 13.2 Å². The molecule has 1 N–H and O–H groups in total. The number of alkyl halides is 3. The number of fused-ring (bicyclic) bond motifs is 1. The number of anilines is 1. The number of nitrogens with zero attached hydrogens (tertiary/aromatic N) is 1. The van der Waals surface area contributed by atoms with Gasteiger partial charge in [-0.15, -0.1) is 0 Å². The van der Waals surface area contributed by atoms with Gasteiger partial charge in [-0.05, 0) is 65.2 Å². The summed E-state index contributed by atoms with van der Waals surface area (Å²) >= 11 is 6.03. The van der Waals surface area contributed by atoms with Gasteiger partial charge in [0.2, 0.25) is 0 Å². The molecule has 5 rings (SSSR count). The third-order valence-corrected chi connectivity index (χ3v) is 6.78. The molecule has 1 heterocycles. The number of rotatable bonds is 5. The maximum atomic E-state index is 13.2. The van der Waals surface area contributed by atoms with E-state index in [1.165, 1.54) is 6.08 Å². The number of aryl methyl sites for hydroxylation is 1. The molecule has 0 saturated carbocycles. The average Bonchev–Trinajstić information content (AvgIpc) is 2.91. The Labute approximate surface area is 231 Å². The van der Waals surface area contributed by atoms with Gasteiger partial charge in [0.15, 0.2) is 0 Å². The van der Waals surface area contributed by atoms with Crippen molar-refractivity contribution in [1.82, 2.24) is 5.32 Å². The van der Waals surface area contributed by atoms with Crippen LogP contribution in [-0.2, 0) is 22.4 Å². The van der Waals surface area contributed by atoms with Crippen LogP contribution < -0.4 is 15.0 Å². The highest BCUT2D eigenvalue weighted by Crippen LogP contribution is 2.36. The maximum Gasteiger partial charge on any atom is 0.416 e. The first-order chi connectivity index (χ1) is 19.0. The lowest BCUT2D eigenvalue weighted by atomic mass is 10.0. The summed E-state index contributed by atoms with van der Waals surface area (Å²) in [6.07, 6.45) is -3.50. The van der Waals surface area contributed by atoms with E-state index in [-0.39, 0.29) is 5.02 Å². The highest BCUT2D eigenvalue weighted by Gasteiger charge is 2.39. The van der Waals surface area contributed by atoms with Gasteiger partial charge in [0, 0.05) is 5.56 Å². The van der Waals surface area contributed by atoms with Gasteiger partial charge in [0.05, 0.1) is 16.3 Å². The second-order valence-corrected chi connectivity index (χ2v) is 9.47. The minimum Gasteiger partial charge on any atom is -0.489 e. The first kappa shape index (κ1) is 27.0. The molecule has 0 unspecified atom stereocenters. The van der Waals surface area contributed by atoms with Gasteiger partial charge in [-0.25, -0.2) is 9.69 Å². The Morgan fingerprint density at radius 2 is 1.68 bits per heavy atom. The molecule has 4 amide bonds. The fourth-order valence-corrected chi connectivity index (χ4v) is 4.56. The van der Waals surface area contributed by atoms with Crippen LogP contribution in [0.5, 0.6) is 5.75 Å². The normalized spacial score (nSPS) is 15.1. The smallest absolute Gasteiger partial charge is 0.416 e. The zero-order valence-corrected chi connectivity index (χ0v) is 21.6. The first-order valence-corrected chi connectivity index (χ1v) is 12.4. The van der Waals surface area contributed by atoms with Crippen LogP contribution in [0.2, 0.25) is 5.02 Å². The SMILES string of the molecule is Cc1ccc2ccccc2c1COc1ccc(/C=C2/C(=O)NC(=O)N(c3cc(C(F)(F)F)ccc3Cl)C2=O)cc1. The molecular formula is C30H20ClF3N2O4. The van der Waals surface area contributed by atoms with Gasteiger partial charge < -0.3 is 4.74 Å². The molecule has 4 aromatic rings. The molecule has 4 aromatic carbocycles. The molecule has 1 aliphatic heterocycles. The predicted molar refractivity (Wildman–Crippen MR) is 145 cm³/mol. The Hall–Kier alpha value is -4.63. The topological polar surface area (TPSA) is 75.7 Å². The standard InChI is InChI=1S/C30H20ClF3N2O4/c1-17-6-9-19-4-2-3-5-22(19)24(17)16-40-21-11-7-18(8-12-21)14-23-27(37)35-29(39)36(28(23)38)26-15-20(30(32,33)34)10-13-25(26)31/h2-15H,16H2,1H3,(H,35,37,39)/b23-14-. The van der Waals surface area contributed by atoms with E-state index in [0.29, 0.717) is 28.9 Å². The molecule has 0 spiro atoms. The van der Waals surface area contributed by atoms with Gasteiger partial charge in [0.1, 0.15) is 17.9 Å². The number of halogens is 4. The highest BCUT2D eigenvalue weighted by molar-refractivity contribution is 6.42. The van der Waals surface area contributed by atoms with E-state index in [4.69, 9.17) is 16.3 Å². The Balaban J connectivity index is 1.38. The van der Waals surface area contributed by atoms with Crippen LogP contribution in [0, 0.1) is 6.92 Å². The number of nitrogens with one attached hydrogen (secondary N) is 1. The largest absolute Gasteiger partial charge is 0.489 e. The number of ether oxygens (including phenoxy) is 1. The minimum atomic E-state index is -4.74. The van der Waals surface area contributed by atoms with E-state index in [2.05, 4.69) is 6.07 Å². The van der Waals surface area contributed by atoms with Gasteiger partial charge in [0.25, 0.3) is 11.8 Å². The lowest BCUT2D eigenvalue weighted by molar-refractivity contribution is -0.137. The quantitative estimate of drug-likeness (QED) is 0.208. The van der Waals surface area contributed by atoms with Gasteiger partial charge in [-0.3, -0.25) is 14.9 Å². The summed E-state index contributed by atoms with van der Waals surface area (Å²) in [6.45, 7) is 2.33. The number of carbonyl (C=O) groups is 3. The summed E-state index contributed by atoms with van der Waals surface area (Å²) in [4.78, 5) is 38.5. The van der Waals surface area contributed by atoms with E-state index < -0.39 is 40.8 Å². The summed E-state index contributed by atoms with van der Waals surface area (Å²) in [5.41, 5.74) is 0.507. The summed E-state index contributed by atoms with van der Waals surface area (Å²) in [7, 11) is 0. The highest BCUT2D eigenvalue weighted by atomic mass is 35.5. The van der Waals surface area contributed by atoms with E-state index in [1.807, 2.05) is 42.6 Å². The first-order valence-electron chi connectivity index (χ1n) is 12.0. The molecule has 0 aliphatic carbocycles. The second kappa shape index (κ2) is 10.5. The van der Waals surface area contributed by atoms with Crippen LogP contribution in [0.15, 0.2) is 84.4 Å².